The van der Waals surface area contributed by atoms with Gasteiger partial charge >= 0.3 is 0 Å². The van der Waals surface area contributed by atoms with Crippen LogP contribution in [-0.2, 0) is 9.53 Å². The second-order valence-corrected chi connectivity index (χ2v) is 7.56. The van der Waals surface area contributed by atoms with Gasteiger partial charge < -0.3 is 24.3 Å². The molecule has 3 heterocycles. The molecule has 0 aliphatic carbocycles. The van der Waals surface area contributed by atoms with Crippen molar-refractivity contribution in [1.29, 1.82) is 0 Å². The average molecular weight is 405 g/mol. The fourth-order valence-corrected chi connectivity index (χ4v) is 4.13. The lowest BCUT2D eigenvalue weighted by atomic mass is 10.1. The van der Waals surface area contributed by atoms with Gasteiger partial charge in [-0.1, -0.05) is 30.3 Å². The van der Waals surface area contributed by atoms with Crippen molar-refractivity contribution in [3.63, 3.8) is 0 Å². The fraction of sp³-hybridized carbons (Fsp3) is 0.304. The molecule has 154 valence electrons. The third-order valence-corrected chi connectivity index (χ3v) is 5.68. The summed E-state index contributed by atoms with van der Waals surface area (Å²) in [7, 11) is 0. The second kappa shape index (κ2) is 7.84. The number of ketones is 1. The summed E-state index contributed by atoms with van der Waals surface area (Å²) in [5.41, 5.74) is 2.42. The summed E-state index contributed by atoms with van der Waals surface area (Å²) in [6.45, 7) is 2.72. The van der Waals surface area contributed by atoms with E-state index in [0.717, 1.165) is 16.6 Å². The number of H-pyrrole nitrogens is 1. The highest BCUT2D eigenvalue weighted by Gasteiger charge is 2.35. The molecule has 2 aliphatic rings. The molecule has 1 aromatic heterocycles. The number of nitrogens with zero attached hydrogens (tertiary/aromatic N) is 2. The van der Waals surface area contributed by atoms with Crippen molar-refractivity contribution in [2.45, 2.75) is 6.10 Å². The highest BCUT2D eigenvalue weighted by molar-refractivity contribution is 6.09. The first-order chi connectivity index (χ1) is 14.7. The molecular weight excluding hydrogens is 382 g/mol. The summed E-state index contributed by atoms with van der Waals surface area (Å²) < 4.78 is 11.4. The number of para-hydroxylation sites is 3. The van der Waals surface area contributed by atoms with Gasteiger partial charge in [0.15, 0.2) is 11.9 Å². The smallest absolute Gasteiger partial charge is 0.265 e. The SMILES string of the molecule is O=C(CN1CC(C(=O)N2CCOCC2)Oc2ccccc21)c1c[nH]c2ccccc12. The number of nitrogens with one attached hydrogen (secondary N) is 1. The standard InChI is InChI=1S/C23H23N3O4/c27-20(17-13-24-18-6-2-1-5-16(17)18)14-26-15-22(23(28)25-9-11-29-12-10-25)30-21-8-4-3-7-19(21)26/h1-8,13,22,24H,9-12,14-15H2. The number of fused-ring (bicyclic) bond motifs is 2. The number of hydrogen-bond donors (Lipinski definition) is 1. The van der Waals surface area contributed by atoms with Crippen molar-refractivity contribution in [1.82, 2.24) is 9.88 Å². The number of hydrogen-bond acceptors (Lipinski definition) is 5. The quantitative estimate of drug-likeness (QED) is 0.675. The van der Waals surface area contributed by atoms with Crippen LogP contribution in [0.1, 0.15) is 10.4 Å². The molecule has 7 heteroatoms. The molecular formula is C23H23N3O4. The molecule has 1 saturated heterocycles. The molecule has 1 atom stereocenters. The molecule has 1 amide bonds. The lowest BCUT2D eigenvalue weighted by molar-refractivity contribution is -0.142. The monoisotopic (exact) mass is 405 g/mol. The number of carbonyl (C=O) groups excluding carboxylic acids is 2. The minimum atomic E-state index is -0.645. The molecule has 30 heavy (non-hydrogen) atoms. The molecule has 2 aliphatic heterocycles. The van der Waals surface area contributed by atoms with Gasteiger partial charge in [0, 0.05) is 35.8 Å². The van der Waals surface area contributed by atoms with E-state index in [4.69, 9.17) is 9.47 Å². The molecule has 1 N–H and O–H groups in total. The zero-order valence-corrected chi connectivity index (χ0v) is 16.5. The largest absolute Gasteiger partial charge is 0.477 e. The first-order valence-electron chi connectivity index (χ1n) is 10.2. The minimum absolute atomic E-state index is 0.00160. The highest BCUT2D eigenvalue weighted by Crippen LogP contribution is 2.34. The van der Waals surface area contributed by atoms with Crippen LogP contribution >= 0.6 is 0 Å². The van der Waals surface area contributed by atoms with E-state index in [9.17, 15) is 9.59 Å². The Labute approximate surface area is 174 Å². The maximum atomic E-state index is 13.2. The number of amides is 1. The number of anilines is 1. The Morgan fingerprint density at radius 2 is 1.80 bits per heavy atom. The Balaban J connectivity index is 1.40. The topological polar surface area (TPSA) is 74.9 Å². The van der Waals surface area contributed by atoms with E-state index < -0.39 is 6.10 Å². The van der Waals surface area contributed by atoms with Crippen molar-refractivity contribution in [2.75, 3.05) is 44.3 Å². The zero-order chi connectivity index (χ0) is 20.5. The number of aromatic nitrogens is 1. The van der Waals surface area contributed by atoms with Crippen molar-refractivity contribution in [2.24, 2.45) is 0 Å². The van der Waals surface area contributed by atoms with Crippen LogP contribution in [0.5, 0.6) is 5.75 Å². The number of rotatable bonds is 4. The van der Waals surface area contributed by atoms with E-state index >= 15 is 0 Å². The summed E-state index contributed by atoms with van der Waals surface area (Å²) in [4.78, 5) is 33.1. The fourth-order valence-electron chi connectivity index (χ4n) is 4.13. The Bertz CT molecular complexity index is 1090. The predicted molar refractivity (Wildman–Crippen MR) is 113 cm³/mol. The Morgan fingerprint density at radius 3 is 2.67 bits per heavy atom. The number of Topliss-reactive ketones (excluding diaryl/α,β-unsaturated/α-hetero) is 1. The molecule has 3 aromatic rings. The Morgan fingerprint density at radius 1 is 1.03 bits per heavy atom. The van der Waals surface area contributed by atoms with Crippen LogP contribution in [0.2, 0.25) is 0 Å². The minimum Gasteiger partial charge on any atom is -0.477 e. The molecule has 0 bridgehead atoms. The molecule has 2 aromatic carbocycles. The molecule has 5 rings (SSSR count). The van der Waals surface area contributed by atoms with E-state index in [1.54, 1.807) is 11.1 Å². The van der Waals surface area contributed by atoms with Gasteiger partial charge in [-0.15, -0.1) is 0 Å². The lowest BCUT2D eigenvalue weighted by Gasteiger charge is -2.38. The van der Waals surface area contributed by atoms with Crippen molar-refractivity contribution < 1.29 is 19.1 Å². The van der Waals surface area contributed by atoms with E-state index in [1.165, 1.54) is 0 Å². The Hall–Kier alpha value is -3.32. The average Bonchev–Trinajstić information content (AvgIpc) is 3.23. The summed E-state index contributed by atoms with van der Waals surface area (Å²) in [6.07, 6.45) is 1.11. The van der Waals surface area contributed by atoms with Gasteiger partial charge in [0.25, 0.3) is 5.91 Å². The van der Waals surface area contributed by atoms with Crippen LogP contribution < -0.4 is 9.64 Å². The van der Waals surface area contributed by atoms with Crippen molar-refractivity contribution in [3.8, 4) is 5.75 Å². The summed E-state index contributed by atoms with van der Waals surface area (Å²) in [5.74, 6) is 0.571. The van der Waals surface area contributed by atoms with Gasteiger partial charge in [-0.25, -0.2) is 0 Å². The molecule has 0 saturated carbocycles. The molecule has 1 fully saturated rings. The third-order valence-electron chi connectivity index (χ3n) is 5.68. The van der Waals surface area contributed by atoms with E-state index in [1.807, 2.05) is 53.4 Å². The van der Waals surface area contributed by atoms with Gasteiger partial charge in [0.1, 0.15) is 5.75 Å². The zero-order valence-electron chi connectivity index (χ0n) is 16.5. The first kappa shape index (κ1) is 18.7. The van der Waals surface area contributed by atoms with Gasteiger partial charge in [-0.2, -0.15) is 0 Å². The summed E-state index contributed by atoms with van der Waals surface area (Å²) in [6, 6.07) is 15.3. The molecule has 1 unspecified atom stereocenters. The molecule has 0 radical (unpaired) electrons. The van der Waals surface area contributed by atoms with E-state index in [-0.39, 0.29) is 18.2 Å². The van der Waals surface area contributed by atoms with Gasteiger partial charge in [0.05, 0.1) is 32.0 Å². The number of ether oxygens (including phenoxy) is 2. The van der Waals surface area contributed by atoms with Crippen LogP contribution in [0.15, 0.2) is 54.7 Å². The summed E-state index contributed by atoms with van der Waals surface area (Å²) in [5, 5.41) is 0.907. The predicted octanol–water partition coefficient (Wildman–Crippen LogP) is 2.48. The molecule has 7 nitrogen and oxygen atoms in total. The second-order valence-electron chi connectivity index (χ2n) is 7.56. The Kier molecular flexibility index (Phi) is 4.88. The first-order valence-corrected chi connectivity index (χ1v) is 10.2. The van der Waals surface area contributed by atoms with Crippen LogP contribution in [-0.4, -0.2) is 67.1 Å². The maximum Gasteiger partial charge on any atom is 0.265 e. The van der Waals surface area contributed by atoms with Crippen molar-refractivity contribution in [3.05, 3.63) is 60.3 Å². The van der Waals surface area contributed by atoms with Gasteiger partial charge in [0.2, 0.25) is 0 Å². The van der Waals surface area contributed by atoms with Crippen LogP contribution in [0.4, 0.5) is 5.69 Å². The summed E-state index contributed by atoms with van der Waals surface area (Å²) >= 11 is 0. The van der Waals surface area contributed by atoms with Crippen LogP contribution in [0, 0.1) is 0 Å². The lowest BCUT2D eigenvalue weighted by Crippen LogP contribution is -2.53. The van der Waals surface area contributed by atoms with Gasteiger partial charge in [-0.05, 0) is 18.2 Å². The third kappa shape index (κ3) is 3.41. The maximum absolute atomic E-state index is 13.2. The number of benzene rings is 2. The van der Waals surface area contributed by atoms with E-state index in [0.29, 0.717) is 44.2 Å². The van der Waals surface area contributed by atoms with Crippen LogP contribution in [0.3, 0.4) is 0 Å². The van der Waals surface area contributed by atoms with E-state index in [2.05, 4.69) is 4.98 Å². The molecule has 0 spiro atoms. The normalized spacial score (nSPS) is 18.7. The van der Waals surface area contributed by atoms with Crippen LogP contribution in [0.25, 0.3) is 10.9 Å². The highest BCUT2D eigenvalue weighted by atomic mass is 16.5. The van der Waals surface area contributed by atoms with Crippen molar-refractivity contribution >= 4 is 28.3 Å². The number of aromatic amines is 1. The number of carbonyl (C=O) groups is 2. The van der Waals surface area contributed by atoms with Gasteiger partial charge in [-0.3, -0.25) is 9.59 Å². The number of morpholine rings is 1.